The Bertz CT molecular complexity index is 512. The minimum absolute atomic E-state index is 0.154. The lowest BCUT2D eigenvalue weighted by Gasteiger charge is -2.33. The predicted octanol–water partition coefficient (Wildman–Crippen LogP) is 1.84. The number of amides is 1. The average Bonchev–Trinajstić information content (AvgIpc) is 2.96. The number of β-amino-alcohol motifs (C(OH)–C–C–N with tert-alkyl or cyclic N) is 1. The summed E-state index contributed by atoms with van der Waals surface area (Å²) in [6.45, 7) is 2.18. The van der Waals surface area contributed by atoms with Gasteiger partial charge in [0.1, 0.15) is 0 Å². The normalized spacial score (nSPS) is 26.4. The molecule has 1 aromatic rings. The highest BCUT2D eigenvalue weighted by Gasteiger charge is 2.32. The molecule has 1 aromatic carbocycles. The maximum Gasteiger partial charge on any atom is 0.239 e. The molecule has 2 atom stereocenters. The number of carbonyl (C=O) groups is 1. The summed E-state index contributed by atoms with van der Waals surface area (Å²) in [5.74, 6) is 0.786. The Hall–Kier alpha value is -1.10. The second-order valence-electron chi connectivity index (χ2n) is 6.45. The zero-order valence-corrected chi connectivity index (χ0v) is 13.4. The van der Waals surface area contributed by atoms with Crippen molar-refractivity contribution in [2.24, 2.45) is 5.92 Å². The largest absolute Gasteiger partial charge is 0.392 e. The molecular weight excluding hydrogens is 300 g/mol. The molecule has 0 bridgehead atoms. The molecule has 4 nitrogen and oxygen atoms in total. The van der Waals surface area contributed by atoms with Crippen molar-refractivity contribution in [3.05, 3.63) is 34.9 Å². The first kappa shape index (κ1) is 15.8. The van der Waals surface area contributed by atoms with E-state index in [1.165, 1.54) is 5.56 Å². The molecule has 0 aliphatic carbocycles. The number of aliphatic hydroxyl groups is 1. The molecule has 2 aliphatic heterocycles. The third-order valence-corrected chi connectivity index (χ3v) is 5.02. The standard InChI is InChI=1S/C17H23ClN2O2/c18-14-3-1-12(2-4-14)9-13-5-7-20(8-6-13)17(22)16-10-15(21)11-19-16/h1-4,13,15-16,19,21H,5-11H2/t15-,16-/m1/s1. The number of likely N-dealkylation sites (tertiary alicyclic amines) is 1. The number of hydrogen-bond acceptors (Lipinski definition) is 3. The van der Waals surface area contributed by atoms with Crippen LogP contribution in [-0.4, -0.2) is 47.7 Å². The van der Waals surface area contributed by atoms with Crippen molar-refractivity contribution in [1.82, 2.24) is 10.2 Å². The summed E-state index contributed by atoms with van der Waals surface area (Å²) < 4.78 is 0. The van der Waals surface area contributed by atoms with Gasteiger partial charge in [0.25, 0.3) is 0 Å². The van der Waals surface area contributed by atoms with Gasteiger partial charge in [-0.25, -0.2) is 0 Å². The van der Waals surface area contributed by atoms with Gasteiger partial charge >= 0.3 is 0 Å². The van der Waals surface area contributed by atoms with Crippen LogP contribution in [0.5, 0.6) is 0 Å². The van der Waals surface area contributed by atoms with Gasteiger partial charge in [0.15, 0.2) is 0 Å². The molecule has 2 fully saturated rings. The van der Waals surface area contributed by atoms with Gasteiger partial charge < -0.3 is 15.3 Å². The number of hydrogen-bond donors (Lipinski definition) is 2. The fraction of sp³-hybridized carbons (Fsp3) is 0.588. The Morgan fingerprint density at radius 3 is 2.55 bits per heavy atom. The number of piperidine rings is 1. The van der Waals surface area contributed by atoms with Crippen molar-refractivity contribution in [2.75, 3.05) is 19.6 Å². The van der Waals surface area contributed by atoms with Gasteiger partial charge in [0.05, 0.1) is 12.1 Å². The smallest absolute Gasteiger partial charge is 0.239 e. The fourth-order valence-electron chi connectivity index (χ4n) is 3.44. The molecule has 1 amide bonds. The van der Waals surface area contributed by atoms with Crippen molar-refractivity contribution in [2.45, 2.75) is 37.8 Å². The second kappa shape index (κ2) is 6.99. The van der Waals surface area contributed by atoms with Gasteiger partial charge in [-0.05, 0) is 49.3 Å². The number of nitrogens with zero attached hydrogens (tertiary/aromatic N) is 1. The third kappa shape index (κ3) is 3.80. The van der Waals surface area contributed by atoms with E-state index in [0.29, 0.717) is 18.9 Å². The second-order valence-corrected chi connectivity index (χ2v) is 6.89. The Morgan fingerprint density at radius 1 is 1.27 bits per heavy atom. The zero-order chi connectivity index (χ0) is 15.5. The molecular formula is C17H23ClN2O2. The Morgan fingerprint density at radius 2 is 1.95 bits per heavy atom. The number of benzene rings is 1. The number of nitrogens with one attached hydrogen (secondary N) is 1. The lowest BCUT2D eigenvalue weighted by molar-refractivity contribution is -0.134. The van der Waals surface area contributed by atoms with Crippen LogP contribution in [-0.2, 0) is 11.2 Å². The molecule has 0 saturated carbocycles. The molecule has 0 radical (unpaired) electrons. The predicted molar refractivity (Wildman–Crippen MR) is 86.9 cm³/mol. The number of aliphatic hydroxyl groups excluding tert-OH is 1. The Balaban J connectivity index is 1.48. The zero-order valence-electron chi connectivity index (χ0n) is 12.7. The summed E-state index contributed by atoms with van der Waals surface area (Å²) in [7, 11) is 0. The minimum atomic E-state index is -0.378. The van der Waals surface area contributed by atoms with E-state index in [2.05, 4.69) is 17.4 Å². The monoisotopic (exact) mass is 322 g/mol. The first-order valence-corrected chi connectivity index (χ1v) is 8.44. The Labute approximate surface area is 136 Å². The minimum Gasteiger partial charge on any atom is -0.392 e. The van der Waals surface area contributed by atoms with Crippen molar-refractivity contribution in [3.8, 4) is 0 Å². The van der Waals surface area contributed by atoms with Crippen molar-refractivity contribution in [1.29, 1.82) is 0 Å². The van der Waals surface area contributed by atoms with Gasteiger partial charge in [-0.1, -0.05) is 23.7 Å². The number of halogens is 1. The summed E-state index contributed by atoms with van der Waals surface area (Å²) in [5.41, 5.74) is 1.31. The SMILES string of the molecule is O=C([C@H]1C[C@@H](O)CN1)N1CCC(Cc2ccc(Cl)cc2)CC1. The summed E-state index contributed by atoms with van der Waals surface area (Å²) >= 11 is 5.91. The summed E-state index contributed by atoms with van der Waals surface area (Å²) in [5, 5.41) is 13.4. The van der Waals surface area contributed by atoms with E-state index in [1.807, 2.05) is 17.0 Å². The van der Waals surface area contributed by atoms with E-state index in [9.17, 15) is 9.90 Å². The molecule has 2 saturated heterocycles. The van der Waals surface area contributed by atoms with Crippen LogP contribution in [0.2, 0.25) is 5.02 Å². The molecule has 120 valence electrons. The van der Waals surface area contributed by atoms with Gasteiger partial charge in [0.2, 0.25) is 5.91 Å². The highest BCUT2D eigenvalue weighted by molar-refractivity contribution is 6.30. The first-order chi connectivity index (χ1) is 10.6. The first-order valence-electron chi connectivity index (χ1n) is 8.06. The maximum atomic E-state index is 12.4. The van der Waals surface area contributed by atoms with Gasteiger partial charge in [-0.15, -0.1) is 0 Å². The molecule has 5 heteroatoms. The molecule has 2 aliphatic rings. The topological polar surface area (TPSA) is 52.6 Å². The van der Waals surface area contributed by atoms with Crippen molar-refractivity contribution >= 4 is 17.5 Å². The Kier molecular flexibility index (Phi) is 5.01. The lowest BCUT2D eigenvalue weighted by Crippen LogP contribution is -2.47. The highest BCUT2D eigenvalue weighted by atomic mass is 35.5. The lowest BCUT2D eigenvalue weighted by atomic mass is 9.90. The number of carbonyl (C=O) groups excluding carboxylic acids is 1. The van der Waals surface area contributed by atoms with Gasteiger partial charge in [0, 0.05) is 24.7 Å². The fourth-order valence-corrected chi connectivity index (χ4v) is 3.56. The van der Waals surface area contributed by atoms with Crippen LogP contribution in [0.3, 0.4) is 0 Å². The van der Waals surface area contributed by atoms with E-state index in [-0.39, 0.29) is 18.1 Å². The van der Waals surface area contributed by atoms with E-state index in [4.69, 9.17) is 11.6 Å². The molecule has 3 rings (SSSR count). The van der Waals surface area contributed by atoms with Crippen LogP contribution < -0.4 is 5.32 Å². The third-order valence-electron chi connectivity index (χ3n) is 4.77. The van der Waals surface area contributed by atoms with E-state index >= 15 is 0 Å². The van der Waals surface area contributed by atoms with Crippen LogP contribution in [0, 0.1) is 5.92 Å². The van der Waals surface area contributed by atoms with Crippen LogP contribution in [0.4, 0.5) is 0 Å². The van der Waals surface area contributed by atoms with Gasteiger partial charge in [-0.3, -0.25) is 4.79 Å². The summed E-state index contributed by atoms with van der Waals surface area (Å²) in [6.07, 6.45) is 3.31. The van der Waals surface area contributed by atoms with Crippen molar-refractivity contribution < 1.29 is 9.90 Å². The molecule has 2 heterocycles. The summed E-state index contributed by atoms with van der Waals surface area (Å²) in [6, 6.07) is 7.86. The highest BCUT2D eigenvalue weighted by Crippen LogP contribution is 2.23. The van der Waals surface area contributed by atoms with E-state index in [0.717, 1.165) is 37.4 Å². The van der Waals surface area contributed by atoms with E-state index in [1.54, 1.807) is 0 Å². The summed E-state index contributed by atoms with van der Waals surface area (Å²) in [4.78, 5) is 14.3. The maximum absolute atomic E-state index is 12.4. The molecule has 22 heavy (non-hydrogen) atoms. The van der Waals surface area contributed by atoms with Gasteiger partial charge in [-0.2, -0.15) is 0 Å². The van der Waals surface area contributed by atoms with Crippen LogP contribution in [0.1, 0.15) is 24.8 Å². The van der Waals surface area contributed by atoms with Crippen LogP contribution in [0.25, 0.3) is 0 Å². The molecule has 0 aromatic heterocycles. The van der Waals surface area contributed by atoms with E-state index < -0.39 is 0 Å². The van der Waals surface area contributed by atoms with Crippen molar-refractivity contribution in [3.63, 3.8) is 0 Å². The number of rotatable bonds is 3. The molecule has 0 spiro atoms. The quantitative estimate of drug-likeness (QED) is 0.893. The van der Waals surface area contributed by atoms with Crippen LogP contribution in [0.15, 0.2) is 24.3 Å². The molecule has 2 N–H and O–H groups in total. The molecule has 0 unspecified atom stereocenters. The average molecular weight is 323 g/mol. The van der Waals surface area contributed by atoms with Crippen LogP contribution >= 0.6 is 11.6 Å².